The standard InChI is InChI=1S/C16H29NOS/c1-3-4-6-13-8-9-16(18)15(13)11-17-10-5-7-14(17)12-19-2/h13-15H,3-12H2,1-2H3/t13-,14-,15+/m0/s1. The van der Waals surface area contributed by atoms with E-state index in [1.807, 2.05) is 11.8 Å². The van der Waals surface area contributed by atoms with Crippen LogP contribution in [0.1, 0.15) is 51.9 Å². The Morgan fingerprint density at radius 3 is 2.95 bits per heavy atom. The maximum atomic E-state index is 12.2. The first-order chi connectivity index (χ1) is 9.26. The van der Waals surface area contributed by atoms with Crippen LogP contribution in [0, 0.1) is 11.8 Å². The highest BCUT2D eigenvalue weighted by Crippen LogP contribution is 2.35. The van der Waals surface area contributed by atoms with Crippen LogP contribution in [0.2, 0.25) is 0 Å². The van der Waals surface area contributed by atoms with Gasteiger partial charge in [-0.25, -0.2) is 0 Å². The van der Waals surface area contributed by atoms with Gasteiger partial charge in [-0.3, -0.25) is 9.69 Å². The van der Waals surface area contributed by atoms with E-state index in [2.05, 4.69) is 18.1 Å². The highest BCUT2D eigenvalue weighted by molar-refractivity contribution is 7.98. The third-order valence-corrected chi connectivity index (χ3v) is 5.68. The molecule has 110 valence electrons. The molecule has 0 bridgehead atoms. The van der Waals surface area contributed by atoms with E-state index in [1.54, 1.807) is 0 Å². The number of carbonyl (C=O) groups excluding carboxylic acids is 1. The average molecular weight is 283 g/mol. The van der Waals surface area contributed by atoms with E-state index in [0.29, 0.717) is 17.6 Å². The second kappa shape index (κ2) is 7.68. The Morgan fingerprint density at radius 1 is 1.37 bits per heavy atom. The zero-order valence-electron chi connectivity index (χ0n) is 12.6. The monoisotopic (exact) mass is 283 g/mol. The van der Waals surface area contributed by atoms with Gasteiger partial charge in [0.05, 0.1) is 0 Å². The smallest absolute Gasteiger partial charge is 0.137 e. The lowest BCUT2D eigenvalue weighted by Crippen LogP contribution is -2.38. The second-order valence-electron chi connectivity index (χ2n) is 6.26. The third kappa shape index (κ3) is 3.98. The maximum Gasteiger partial charge on any atom is 0.137 e. The summed E-state index contributed by atoms with van der Waals surface area (Å²) < 4.78 is 0. The van der Waals surface area contributed by atoms with Gasteiger partial charge in [-0.1, -0.05) is 19.8 Å². The molecule has 3 heteroatoms. The molecule has 1 aliphatic carbocycles. The van der Waals surface area contributed by atoms with Crippen molar-refractivity contribution >= 4 is 17.5 Å². The molecule has 0 unspecified atom stereocenters. The summed E-state index contributed by atoms with van der Waals surface area (Å²) in [7, 11) is 0. The van der Waals surface area contributed by atoms with Crippen molar-refractivity contribution in [1.82, 2.24) is 4.90 Å². The Kier molecular flexibility index (Phi) is 6.21. The lowest BCUT2D eigenvalue weighted by Gasteiger charge is -2.29. The van der Waals surface area contributed by atoms with Crippen molar-refractivity contribution in [3.63, 3.8) is 0 Å². The Bertz CT molecular complexity index is 294. The highest BCUT2D eigenvalue weighted by Gasteiger charge is 2.37. The maximum absolute atomic E-state index is 12.2. The molecule has 0 aromatic heterocycles. The van der Waals surface area contributed by atoms with Crippen molar-refractivity contribution < 1.29 is 4.79 Å². The van der Waals surface area contributed by atoms with Crippen LogP contribution >= 0.6 is 11.8 Å². The van der Waals surface area contributed by atoms with Crippen molar-refractivity contribution in [3.05, 3.63) is 0 Å². The summed E-state index contributed by atoms with van der Waals surface area (Å²) in [6, 6.07) is 0.732. The Labute approximate surface area is 122 Å². The van der Waals surface area contributed by atoms with Gasteiger partial charge < -0.3 is 0 Å². The first-order valence-corrected chi connectivity index (χ1v) is 9.41. The minimum atomic E-state index is 0.356. The number of hydrogen-bond acceptors (Lipinski definition) is 3. The van der Waals surface area contributed by atoms with E-state index in [0.717, 1.165) is 25.4 Å². The van der Waals surface area contributed by atoms with E-state index in [-0.39, 0.29) is 0 Å². The molecule has 1 saturated heterocycles. The Balaban J connectivity index is 1.89. The van der Waals surface area contributed by atoms with Gasteiger partial charge in [0, 0.05) is 30.7 Å². The zero-order valence-corrected chi connectivity index (χ0v) is 13.4. The van der Waals surface area contributed by atoms with Crippen LogP contribution in [-0.2, 0) is 4.79 Å². The largest absolute Gasteiger partial charge is 0.299 e. The van der Waals surface area contributed by atoms with E-state index in [1.165, 1.54) is 44.4 Å². The minimum Gasteiger partial charge on any atom is -0.299 e. The molecule has 2 aliphatic rings. The third-order valence-electron chi connectivity index (χ3n) is 4.96. The number of thioether (sulfide) groups is 1. The molecule has 2 rings (SSSR count). The van der Waals surface area contributed by atoms with Gasteiger partial charge in [-0.05, 0) is 44.4 Å². The number of carbonyl (C=O) groups is 1. The van der Waals surface area contributed by atoms with E-state index >= 15 is 0 Å². The van der Waals surface area contributed by atoms with Crippen LogP contribution in [0.4, 0.5) is 0 Å². The fourth-order valence-corrected chi connectivity index (χ4v) is 4.57. The Hall–Kier alpha value is -0.0200. The molecule has 3 atom stereocenters. The predicted molar refractivity (Wildman–Crippen MR) is 83.7 cm³/mol. The highest BCUT2D eigenvalue weighted by atomic mass is 32.2. The fourth-order valence-electron chi connectivity index (χ4n) is 3.81. The van der Waals surface area contributed by atoms with Crippen LogP contribution < -0.4 is 0 Å². The van der Waals surface area contributed by atoms with Gasteiger partial charge in [0.2, 0.25) is 0 Å². The lowest BCUT2D eigenvalue weighted by molar-refractivity contribution is -0.121. The number of nitrogens with zero attached hydrogens (tertiary/aromatic N) is 1. The number of hydrogen-bond donors (Lipinski definition) is 0. The fraction of sp³-hybridized carbons (Fsp3) is 0.938. The van der Waals surface area contributed by atoms with Crippen molar-refractivity contribution in [2.45, 2.75) is 57.9 Å². The molecular formula is C16H29NOS. The number of rotatable bonds is 7. The van der Waals surface area contributed by atoms with E-state index < -0.39 is 0 Å². The van der Waals surface area contributed by atoms with Crippen molar-refractivity contribution in [2.75, 3.05) is 25.1 Å². The summed E-state index contributed by atoms with van der Waals surface area (Å²) in [5, 5.41) is 0. The molecule has 0 spiro atoms. The topological polar surface area (TPSA) is 20.3 Å². The number of unbranched alkanes of at least 4 members (excludes halogenated alkanes) is 1. The Morgan fingerprint density at radius 2 is 2.21 bits per heavy atom. The summed E-state index contributed by atoms with van der Waals surface area (Å²) in [5.74, 6) is 2.83. The molecule has 19 heavy (non-hydrogen) atoms. The summed E-state index contributed by atoms with van der Waals surface area (Å²) >= 11 is 1.95. The van der Waals surface area contributed by atoms with Crippen LogP contribution in [0.5, 0.6) is 0 Å². The summed E-state index contributed by atoms with van der Waals surface area (Å²) in [5.41, 5.74) is 0. The van der Waals surface area contributed by atoms with Gasteiger partial charge in [-0.2, -0.15) is 11.8 Å². The van der Waals surface area contributed by atoms with Gasteiger partial charge in [0.15, 0.2) is 0 Å². The van der Waals surface area contributed by atoms with Gasteiger partial charge in [0.1, 0.15) is 5.78 Å². The first kappa shape index (κ1) is 15.4. The molecule has 2 nitrogen and oxygen atoms in total. The molecule has 0 amide bonds. The van der Waals surface area contributed by atoms with Crippen LogP contribution in [0.25, 0.3) is 0 Å². The molecule has 1 aliphatic heterocycles. The molecular weight excluding hydrogens is 254 g/mol. The zero-order chi connectivity index (χ0) is 13.7. The van der Waals surface area contributed by atoms with Gasteiger partial charge >= 0.3 is 0 Å². The molecule has 1 heterocycles. The lowest BCUT2D eigenvalue weighted by atomic mass is 9.90. The van der Waals surface area contributed by atoms with Crippen LogP contribution in [0.3, 0.4) is 0 Å². The number of Topliss-reactive ketones (excluding diaryl/α,β-unsaturated/α-hetero) is 1. The van der Waals surface area contributed by atoms with Crippen molar-refractivity contribution in [1.29, 1.82) is 0 Å². The number of likely N-dealkylation sites (tertiary alicyclic amines) is 1. The molecule has 2 fully saturated rings. The van der Waals surface area contributed by atoms with E-state index in [4.69, 9.17) is 0 Å². The average Bonchev–Trinajstić information content (AvgIpc) is 2.98. The first-order valence-electron chi connectivity index (χ1n) is 8.02. The molecule has 0 aromatic rings. The molecule has 0 radical (unpaired) electrons. The van der Waals surface area contributed by atoms with Crippen molar-refractivity contribution in [3.8, 4) is 0 Å². The summed E-state index contributed by atoms with van der Waals surface area (Å²) in [6.07, 6.45) is 10.7. The quantitative estimate of drug-likeness (QED) is 0.712. The molecule has 0 N–H and O–H groups in total. The molecule has 0 aromatic carbocycles. The van der Waals surface area contributed by atoms with Gasteiger partial charge in [-0.15, -0.1) is 0 Å². The summed E-state index contributed by atoms with van der Waals surface area (Å²) in [4.78, 5) is 14.8. The molecule has 1 saturated carbocycles. The van der Waals surface area contributed by atoms with Crippen LogP contribution in [-0.4, -0.2) is 41.8 Å². The predicted octanol–water partition coefficient (Wildman–Crippen LogP) is 3.60. The second-order valence-corrected chi connectivity index (χ2v) is 7.17. The normalized spacial score (nSPS) is 32.3. The van der Waals surface area contributed by atoms with Gasteiger partial charge in [0.25, 0.3) is 0 Å². The minimum absolute atomic E-state index is 0.356. The van der Waals surface area contributed by atoms with Crippen LogP contribution in [0.15, 0.2) is 0 Å². The summed E-state index contributed by atoms with van der Waals surface area (Å²) in [6.45, 7) is 4.52. The number of ketones is 1. The van der Waals surface area contributed by atoms with Crippen molar-refractivity contribution in [2.24, 2.45) is 11.8 Å². The van der Waals surface area contributed by atoms with E-state index in [9.17, 15) is 4.79 Å². The SMILES string of the molecule is CCCC[C@H]1CCC(=O)[C@@H]1CN1CCC[C@H]1CSC.